The number of para-hydroxylation sites is 1. The van der Waals surface area contributed by atoms with Gasteiger partial charge in [0.1, 0.15) is 12.4 Å². The molecule has 0 fully saturated rings. The van der Waals surface area contributed by atoms with Gasteiger partial charge in [-0.05, 0) is 19.9 Å². The standard InChI is InChI=1S/C12H14BrNO2/c1-12(2,13)11(15)14-9-7-16-10-6-4-3-5-8(9)10/h3-6,9H,7H2,1-2H3,(H,14,15). The van der Waals surface area contributed by atoms with Crippen molar-refractivity contribution in [3.05, 3.63) is 29.8 Å². The second kappa shape index (κ2) is 4.09. The van der Waals surface area contributed by atoms with Gasteiger partial charge in [-0.3, -0.25) is 4.79 Å². The van der Waals surface area contributed by atoms with Crippen molar-refractivity contribution in [1.82, 2.24) is 5.32 Å². The first kappa shape index (κ1) is 11.5. The molecule has 86 valence electrons. The van der Waals surface area contributed by atoms with Crippen molar-refractivity contribution < 1.29 is 9.53 Å². The van der Waals surface area contributed by atoms with Crippen molar-refractivity contribution in [2.75, 3.05) is 6.61 Å². The Labute approximate surface area is 103 Å². The van der Waals surface area contributed by atoms with Gasteiger partial charge >= 0.3 is 0 Å². The van der Waals surface area contributed by atoms with E-state index in [0.29, 0.717) is 6.61 Å². The largest absolute Gasteiger partial charge is 0.491 e. The second-order valence-electron chi connectivity index (χ2n) is 4.35. The van der Waals surface area contributed by atoms with Gasteiger partial charge in [0.15, 0.2) is 0 Å². The van der Waals surface area contributed by atoms with Gasteiger partial charge in [0.2, 0.25) is 5.91 Å². The van der Waals surface area contributed by atoms with Crippen molar-refractivity contribution in [3.8, 4) is 5.75 Å². The van der Waals surface area contributed by atoms with E-state index in [1.807, 2.05) is 38.1 Å². The summed E-state index contributed by atoms with van der Waals surface area (Å²) in [5.74, 6) is 0.831. The van der Waals surface area contributed by atoms with E-state index in [-0.39, 0.29) is 11.9 Å². The predicted octanol–water partition coefficient (Wildman–Crippen LogP) is 2.41. The van der Waals surface area contributed by atoms with Crippen LogP contribution in [0.3, 0.4) is 0 Å². The molecule has 0 saturated heterocycles. The molecule has 0 aliphatic carbocycles. The summed E-state index contributed by atoms with van der Waals surface area (Å²) in [5.41, 5.74) is 1.05. The summed E-state index contributed by atoms with van der Waals surface area (Å²) in [5, 5.41) is 2.96. The maximum atomic E-state index is 11.8. The van der Waals surface area contributed by atoms with Crippen LogP contribution in [0.4, 0.5) is 0 Å². The summed E-state index contributed by atoms with van der Waals surface area (Å²) in [4.78, 5) is 11.8. The highest BCUT2D eigenvalue weighted by Crippen LogP contribution is 2.32. The Morgan fingerprint density at radius 1 is 1.50 bits per heavy atom. The molecule has 1 atom stereocenters. The number of rotatable bonds is 2. The van der Waals surface area contributed by atoms with Gasteiger partial charge in [0, 0.05) is 5.56 Å². The molecule has 1 aliphatic heterocycles. The number of ether oxygens (including phenoxy) is 1. The van der Waals surface area contributed by atoms with E-state index >= 15 is 0 Å². The molecule has 1 aliphatic rings. The fraction of sp³-hybridized carbons (Fsp3) is 0.417. The molecule has 0 radical (unpaired) electrons. The Morgan fingerprint density at radius 2 is 2.19 bits per heavy atom. The lowest BCUT2D eigenvalue weighted by molar-refractivity contribution is -0.123. The smallest absolute Gasteiger partial charge is 0.236 e. The number of halogens is 1. The minimum atomic E-state index is -0.551. The van der Waals surface area contributed by atoms with E-state index in [0.717, 1.165) is 11.3 Å². The first-order chi connectivity index (χ1) is 7.48. The van der Waals surface area contributed by atoms with Crippen LogP contribution in [-0.2, 0) is 4.79 Å². The molecule has 16 heavy (non-hydrogen) atoms. The zero-order valence-corrected chi connectivity index (χ0v) is 10.9. The fourth-order valence-corrected chi connectivity index (χ4v) is 1.73. The molecule has 1 aromatic carbocycles. The number of alkyl halides is 1. The Hall–Kier alpha value is -1.03. The minimum absolute atomic E-state index is 0.0298. The first-order valence-electron chi connectivity index (χ1n) is 5.20. The summed E-state index contributed by atoms with van der Waals surface area (Å²) >= 11 is 3.34. The topological polar surface area (TPSA) is 38.3 Å². The predicted molar refractivity (Wildman–Crippen MR) is 65.8 cm³/mol. The van der Waals surface area contributed by atoms with Crippen LogP contribution < -0.4 is 10.1 Å². The number of carbonyl (C=O) groups excluding carboxylic acids is 1. The molecule has 1 unspecified atom stereocenters. The lowest BCUT2D eigenvalue weighted by atomic mass is 10.1. The van der Waals surface area contributed by atoms with E-state index in [1.165, 1.54) is 0 Å². The van der Waals surface area contributed by atoms with Crippen molar-refractivity contribution in [3.63, 3.8) is 0 Å². The molecule has 4 heteroatoms. The summed E-state index contributed by atoms with van der Waals surface area (Å²) in [6, 6.07) is 7.74. The molecule has 0 saturated carbocycles. The summed E-state index contributed by atoms with van der Waals surface area (Å²) in [6.07, 6.45) is 0. The Kier molecular flexibility index (Phi) is 2.93. The zero-order chi connectivity index (χ0) is 11.8. The lowest BCUT2D eigenvalue weighted by Gasteiger charge is -2.19. The molecule has 0 spiro atoms. The lowest BCUT2D eigenvalue weighted by Crippen LogP contribution is -2.40. The Morgan fingerprint density at radius 3 is 2.88 bits per heavy atom. The summed E-state index contributed by atoms with van der Waals surface area (Å²) in [6.45, 7) is 4.16. The maximum absolute atomic E-state index is 11.8. The van der Waals surface area contributed by atoms with Crippen LogP contribution in [-0.4, -0.2) is 16.8 Å². The van der Waals surface area contributed by atoms with E-state index in [1.54, 1.807) is 0 Å². The zero-order valence-electron chi connectivity index (χ0n) is 9.29. The number of fused-ring (bicyclic) bond motifs is 1. The number of nitrogens with one attached hydrogen (secondary N) is 1. The van der Waals surface area contributed by atoms with Gasteiger partial charge in [-0.1, -0.05) is 34.1 Å². The molecule has 0 aromatic heterocycles. The fourth-order valence-electron chi connectivity index (χ4n) is 1.61. The van der Waals surface area contributed by atoms with E-state index in [4.69, 9.17) is 4.74 Å². The quantitative estimate of drug-likeness (QED) is 0.847. The van der Waals surface area contributed by atoms with Crippen LogP contribution in [0.25, 0.3) is 0 Å². The van der Waals surface area contributed by atoms with Gasteiger partial charge in [-0.25, -0.2) is 0 Å². The third-order valence-electron chi connectivity index (χ3n) is 2.55. The van der Waals surface area contributed by atoms with Gasteiger partial charge < -0.3 is 10.1 Å². The normalized spacial score (nSPS) is 18.8. The van der Waals surface area contributed by atoms with Crippen molar-refractivity contribution in [1.29, 1.82) is 0 Å². The van der Waals surface area contributed by atoms with Gasteiger partial charge in [0.05, 0.1) is 10.4 Å². The van der Waals surface area contributed by atoms with E-state index in [9.17, 15) is 4.79 Å². The monoisotopic (exact) mass is 283 g/mol. The molecule has 1 N–H and O–H groups in total. The molecule has 1 aromatic rings. The molecular formula is C12H14BrNO2. The van der Waals surface area contributed by atoms with Crippen LogP contribution >= 0.6 is 15.9 Å². The number of carbonyl (C=O) groups is 1. The summed E-state index contributed by atoms with van der Waals surface area (Å²) < 4.78 is 4.94. The SMILES string of the molecule is CC(C)(Br)C(=O)NC1COc2ccccc21. The molecule has 1 amide bonds. The van der Waals surface area contributed by atoms with Gasteiger partial charge in [0.25, 0.3) is 0 Å². The van der Waals surface area contributed by atoms with Crippen LogP contribution in [0.2, 0.25) is 0 Å². The highest BCUT2D eigenvalue weighted by Gasteiger charge is 2.30. The highest BCUT2D eigenvalue weighted by atomic mass is 79.9. The average Bonchev–Trinajstić information content (AvgIpc) is 2.61. The summed E-state index contributed by atoms with van der Waals surface area (Å²) in [7, 11) is 0. The van der Waals surface area contributed by atoms with Gasteiger partial charge in [-0.2, -0.15) is 0 Å². The van der Waals surface area contributed by atoms with E-state index < -0.39 is 4.32 Å². The van der Waals surface area contributed by atoms with Crippen molar-refractivity contribution in [2.45, 2.75) is 24.2 Å². The molecular weight excluding hydrogens is 270 g/mol. The molecule has 3 nitrogen and oxygen atoms in total. The van der Waals surface area contributed by atoms with Crippen molar-refractivity contribution in [2.24, 2.45) is 0 Å². The van der Waals surface area contributed by atoms with Crippen LogP contribution in [0.15, 0.2) is 24.3 Å². The van der Waals surface area contributed by atoms with Crippen molar-refractivity contribution >= 4 is 21.8 Å². The van der Waals surface area contributed by atoms with Crippen LogP contribution in [0, 0.1) is 0 Å². The Bertz CT molecular complexity index is 412. The third-order valence-corrected chi connectivity index (χ3v) is 2.91. The van der Waals surface area contributed by atoms with E-state index in [2.05, 4.69) is 21.2 Å². The van der Waals surface area contributed by atoms with Crippen LogP contribution in [0.1, 0.15) is 25.5 Å². The number of hydrogen-bond donors (Lipinski definition) is 1. The maximum Gasteiger partial charge on any atom is 0.236 e. The molecule has 2 rings (SSSR count). The number of hydrogen-bond acceptors (Lipinski definition) is 2. The first-order valence-corrected chi connectivity index (χ1v) is 5.99. The van der Waals surface area contributed by atoms with Gasteiger partial charge in [-0.15, -0.1) is 0 Å². The minimum Gasteiger partial charge on any atom is -0.491 e. The number of benzene rings is 1. The average molecular weight is 284 g/mol. The third kappa shape index (κ3) is 2.21. The molecule has 1 heterocycles. The van der Waals surface area contributed by atoms with Crippen LogP contribution in [0.5, 0.6) is 5.75 Å². The Balaban J connectivity index is 2.12. The number of amides is 1. The highest BCUT2D eigenvalue weighted by molar-refractivity contribution is 9.10. The molecule has 0 bridgehead atoms. The second-order valence-corrected chi connectivity index (χ2v) is 6.33.